The summed E-state index contributed by atoms with van der Waals surface area (Å²) in [6.45, 7) is 1.71. The summed E-state index contributed by atoms with van der Waals surface area (Å²) in [5.74, 6) is 0.692. The zero-order valence-electron chi connectivity index (χ0n) is 12.0. The third kappa shape index (κ3) is 2.61. The highest BCUT2D eigenvalue weighted by Gasteiger charge is 2.15. The maximum Gasteiger partial charge on any atom is 0.184 e. The molecule has 0 saturated carbocycles. The lowest BCUT2D eigenvalue weighted by Gasteiger charge is -2.07. The Labute approximate surface area is 126 Å². The van der Waals surface area contributed by atoms with Gasteiger partial charge in [-0.25, -0.2) is 14.6 Å². The summed E-state index contributed by atoms with van der Waals surface area (Å²) in [6, 6.07) is 7.74. The van der Waals surface area contributed by atoms with Crippen molar-refractivity contribution in [3.63, 3.8) is 0 Å². The first-order chi connectivity index (χ1) is 10.6. The lowest BCUT2D eigenvalue weighted by molar-refractivity contribution is 0.0787. The van der Waals surface area contributed by atoms with Crippen molar-refractivity contribution >= 4 is 17.0 Å². The lowest BCUT2D eigenvalue weighted by Crippen LogP contribution is -2.21. The Morgan fingerprint density at radius 2 is 1.95 bits per heavy atom. The standard InChI is InChI=1S/C14H16N6O2/c1-8-2-4-9(5-3-8)13-16-12(15)11-14(17-13)20(19-18-11)6-10(22)7-21/h2-5,10,21-22H,6-7H2,1H3,(H2,15,16,17). The molecule has 2 heterocycles. The van der Waals surface area contributed by atoms with E-state index in [0.29, 0.717) is 17.0 Å². The van der Waals surface area contributed by atoms with E-state index in [1.807, 2.05) is 31.2 Å². The van der Waals surface area contributed by atoms with E-state index < -0.39 is 6.10 Å². The molecule has 0 saturated heterocycles. The van der Waals surface area contributed by atoms with Gasteiger partial charge in [-0.05, 0) is 6.92 Å². The number of benzene rings is 1. The molecular weight excluding hydrogens is 284 g/mol. The second-order valence-electron chi connectivity index (χ2n) is 5.08. The van der Waals surface area contributed by atoms with Crippen molar-refractivity contribution in [2.24, 2.45) is 0 Å². The molecule has 22 heavy (non-hydrogen) atoms. The van der Waals surface area contributed by atoms with Gasteiger partial charge in [0, 0.05) is 5.56 Å². The molecule has 0 aliphatic heterocycles. The highest BCUT2D eigenvalue weighted by atomic mass is 16.3. The predicted octanol–water partition coefficient (Wildman–Crippen LogP) is 0.132. The quantitative estimate of drug-likeness (QED) is 0.626. The Hall–Kier alpha value is -2.58. The molecule has 2 aromatic heterocycles. The fourth-order valence-electron chi connectivity index (χ4n) is 2.09. The van der Waals surface area contributed by atoms with E-state index in [2.05, 4.69) is 20.3 Å². The fourth-order valence-corrected chi connectivity index (χ4v) is 2.09. The van der Waals surface area contributed by atoms with E-state index in [1.54, 1.807) is 0 Å². The van der Waals surface area contributed by atoms with E-state index in [9.17, 15) is 5.11 Å². The number of aliphatic hydroxyl groups excluding tert-OH is 2. The SMILES string of the molecule is Cc1ccc(-c2nc(N)c3nnn(CC(O)CO)c3n2)cc1. The largest absolute Gasteiger partial charge is 0.394 e. The van der Waals surface area contributed by atoms with E-state index in [1.165, 1.54) is 4.68 Å². The molecule has 0 aliphatic rings. The van der Waals surface area contributed by atoms with E-state index in [0.717, 1.165) is 11.1 Å². The number of nitrogens with two attached hydrogens (primary N) is 1. The van der Waals surface area contributed by atoms with Crippen molar-refractivity contribution in [1.82, 2.24) is 25.0 Å². The number of hydrogen-bond acceptors (Lipinski definition) is 7. The molecule has 4 N–H and O–H groups in total. The number of nitrogens with zero attached hydrogens (tertiary/aromatic N) is 5. The van der Waals surface area contributed by atoms with Gasteiger partial charge < -0.3 is 15.9 Å². The molecule has 0 aliphatic carbocycles. The number of aryl methyl sites for hydroxylation is 1. The third-order valence-corrected chi connectivity index (χ3v) is 3.29. The summed E-state index contributed by atoms with van der Waals surface area (Å²) in [4.78, 5) is 8.69. The van der Waals surface area contributed by atoms with Crippen molar-refractivity contribution in [3.8, 4) is 11.4 Å². The molecule has 1 unspecified atom stereocenters. The molecule has 0 fully saturated rings. The Balaban J connectivity index is 2.09. The number of nitrogen functional groups attached to an aromatic ring is 1. The molecule has 1 aromatic carbocycles. The number of fused-ring (bicyclic) bond motifs is 1. The average Bonchev–Trinajstić information content (AvgIpc) is 2.91. The summed E-state index contributed by atoms with van der Waals surface area (Å²) in [7, 11) is 0. The minimum Gasteiger partial charge on any atom is -0.394 e. The maximum absolute atomic E-state index is 9.56. The minimum absolute atomic E-state index is 0.0801. The average molecular weight is 300 g/mol. The molecule has 3 aromatic rings. The van der Waals surface area contributed by atoms with Gasteiger partial charge in [0.1, 0.15) is 0 Å². The molecule has 0 radical (unpaired) electrons. The number of anilines is 1. The van der Waals surface area contributed by atoms with Gasteiger partial charge in [-0.15, -0.1) is 5.10 Å². The summed E-state index contributed by atoms with van der Waals surface area (Å²) >= 11 is 0. The highest BCUT2D eigenvalue weighted by molar-refractivity contribution is 5.83. The first-order valence-corrected chi connectivity index (χ1v) is 6.81. The number of aromatic nitrogens is 5. The monoisotopic (exact) mass is 300 g/mol. The van der Waals surface area contributed by atoms with E-state index in [-0.39, 0.29) is 19.0 Å². The first kappa shape index (κ1) is 14.4. The van der Waals surface area contributed by atoms with E-state index in [4.69, 9.17) is 10.8 Å². The van der Waals surface area contributed by atoms with Crippen LogP contribution < -0.4 is 5.73 Å². The second kappa shape index (κ2) is 5.66. The van der Waals surface area contributed by atoms with Crippen LogP contribution in [0.2, 0.25) is 0 Å². The zero-order chi connectivity index (χ0) is 15.7. The van der Waals surface area contributed by atoms with Gasteiger partial charge in [-0.1, -0.05) is 35.0 Å². The van der Waals surface area contributed by atoms with Crippen molar-refractivity contribution in [1.29, 1.82) is 0 Å². The van der Waals surface area contributed by atoms with Crippen molar-refractivity contribution < 1.29 is 10.2 Å². The van der Waals surface area contributed by atoms with Crippen LogP contribution in [0.4, 0.5) is 5.82 Å². The minimum atomic E-state index is -0.941. The predicted molar refractivity (Wildman–Crippen MR) is 80.8 cm³/mol. The van der Waals surface area contributed by atoms with Gasteiger partial charge in [0.2, 0.25) is 0 Å². The zero-order valence-corrected chi connectivity index (χ0v) is 12.0. The molecule has 3 rings (SSSR count). The number of aliphatic hydroxyl groups is 2. The Morgan fingerprint density at radius 3 is 2.64 bits per heavy atom. The number of hydrogen-bond donors (Lipinski definition) is 3. The van der Waals surface area contributed by atoms with Gasteiger partial charge >= 0.3 is 0 Å². The van der Waals surface area contributed by atoms with Crippen LogP contribution in [-0.2, 0) is 6.54 Å². The molecule has 8 heteroatoms. The van der Waals surface area contributed by atoms with E-state index >= 15 is 0 Å². The van der Waals surface area contributed by atoms with Crippen LogP contribution in [0.1, 0.15) is 5.56 Å². The van der Waals surface area contributed by atoms with Gasteiger partial charge in [0.15, 0.2) is 22.8 Å². The molecule has 0 spiro atoms. The third-order valence-electron chi connectivity index (χ3n) is 3.29. The summed E-state index contributed by atoms with van der Waals surface area (Å²) < 4.78 is 1.41. The number of rotatable bonds is 4. The van der Waals surface area contributed by atoms with Gasteiger partial charge in [0.05, 0.1) is 19.3 Å². The van der Waals surface area contributed by atoms with Crippen molar-refractivity contribution in [3.05, 3.63) is 29.8 Å². The van der Waals surface area contributed by atoms with Crippen molar-refractivity contribution in [2.45, 2.75) is 19.6 Å². The van der Waals surface area contributed by atoms with Crippen LogP contribution in [0.25, 0.3) is 22.6 Å². The first-order valence-electron chi connectivity index (χ1n) is 6.81. The van der Waals surface area contributed by atoms with Crippen LogP contribution in [0.5, 0.6) is 0 Å². The second-order valence-corrected chi connectivity index (χ2v) is 5.08. The maximum atomic E-state index is 9.56. The summed E-state index contributed by atoms with van der Waals surface area (Å²) in [5, 5.41) is 26.3. The Bertz CT molecular complexity index is 799. The summed E-state index contributed by atoms with van der Waals surface area (Å²) in [5.41, 5.74) is 8.69. The van der Waals surface area contributed by atoms with Crippen LogP contribution in [0, 0.1) is 6.92 Å². The molecule has 8 nitrogen and oxygen atoms in total. The fraction of sp³-hybridized carbons (Fsp3) is 0.286. The van der Waals surface area contributed by atoms with Crippen LogP contribution in [0.3, 0.4) is 0 Å². The molecule has 114 valence electrons. The summed E-state index contributed by atoms with van der Waals surface area (Å²) in [6.07, 6.45) is -0.941. The molecule has 0 amide bonds. The Morgan fingerprint density at radius 1 is 1.23 bits per heavy atom. The van der Waals surface area contributed by atoms with Gasteiger partial charge in [0.25, 0.3) is 0 Å². The smallest absolute Gasteiger partial charge is 0.184 e. The van der Waals surface area contributed by atoms with Gasteiger partial charge in [-0.3, -0.25) is 0 Å². The van der Waals surface area contributed by atoms with Crippen LogP contribution in [0.15, 0.2) is 24.3 Å². The van der Waals surface area contributed by atoms with Crippen LogP contribution >= 0.6 is 0 Å². The van der Waals surface area contributed by atoms with Gasteiger partial charge in [-0.2, -0.15) is 0 Å². The highest BCUT2D eigenvalue weighted by Crippen LogP contribution is 2.21. The van der Waals surface area contributed by atoms with Crippen molar-refractivity contribution in [2.75, 3.05) is 12.3 Å². The molecule has 0 bridgehead atoms. The molecule has 1 atom stereocenters. The van der Waals surface area contributed by atoms with Crippen LogP contribution in [-0.4, -0.2) is 47.9 Å². The lowest BCUT2D eigenvalue weighted by atomic mass is 10.1. The molecular formula is C14H16N6O2. The Kier molecular flexibility index (Phi) is 3.70. The normalized spacial score (nSPS) is 12.7. The topological polar surface area (TPSA) is 123 Å².